The number of imide groups is 1. The largest absolute Gasteiger partial charge is 0.497 e. The molecule has 1 N–H and O–H groups in total. The van der Waals surface area contributed by atoms with Crippen LogP contribution in [0.15, 0.2) is 53.4 Å². The third kappa shape index (κ3) is 4.35. The van der Waals surface area contributed by atoms with E-state index in [1.165, 1.54) is 31.4 Å². The van der Waals surface area contributed by atoms with E-state index in [-0.39, 0.29) is 10.5 Å². The molecule has 3 rings (SSSR count). The lowest BCUT2D eigenvalue weighted by Gasteiger charge is -2.12. The van der Waals surface area contributed by atoms with Crippen molar-refractivity contribution in [3.63, 3.8) is 0 Å². The third-order valence-corrected chi connectivity index (χ3v) is 4.65. The number of anilines is 1. The summed E-state index contributed by atoms with van der Waals surface area (Å²) < 4.78 is 18.8. The van der Waals surface area contributed by atoms with Crippen LogP contribution in [0, 0.1) is 5.82 Å². The summed E-state index contributed by atoms with van der Waals surface area (Å²) in [6.07, 6.45) is 1.31. The lowest BCUT2D eigenvalue weighted by atomic mass is 10.2. The van der Waals surface area contributed by atoms with Gasteiger partial charge in [-0.1, -0.05) is 18.2 Å². The van der Waals surface area contributed by atoms with Crippen LogP contribution < -0.4 is 10.1 Å². The molecule has 27 heavy (non-hydrogen) atoms. The maximum atomic E-state index is 13.7. The second-order valence-electron chi connectivity index (χ2n) is 5.57. The van der Waals surface area contributed by atoms with Crippen LogP contribution in [0.25, 0.3) is 6.08 Å². The normalized spacial score (nSPS) is 15.3. The van der Waals surface area contributed by atoms with Gasteiger partial charge in [0.05, 0.1) is 12.0 Å². The Balaban J connectivity index is 1.68. The van der Waals surface area contributed by atoms with E-state index in [2.05, 4.69) is 5.32 Å². The summed E-state index contributed by atoms with van der Waals surface area (Å²) in [5.74, 6) is -1.01. The molecule has 0 unspecified atom stereocenters. The Bertz CT molecular complexity index is 928. The van der Waals surface area contributed by atoms with Gasteiger partial charge in [-0.15, -0.1) is 0 Å². The quantitative estimate of drug-likeness (QED) is 0.796. The lowest BCUT2D eigenvalue weighted by molar-refractivity contribution is -0.127. The molecule has 1 saturated heterocycles. The van der Waals surface area contributed by atoms with Gasteiger partial charge in [-0.05, 0) is 48.2 Å². The molecule has 0 atom stereocenters. The Morgan fingerprint density at radius 1 is 1.19 bits per heavy atom. The van der Waals surface area contributed by atoms with E-state index in [1.807, 2.05) is 0 Å². The summed E-state index contributed by atoms with van der Waals surface area (Å²) in [5, 5.41) is 2.03. The first-order valence-corrected chi connectivity index (χ1v) is 8.73. The van der Waals surface area contributed by atoms with Crippen LogP contribution in [0.3, 0.4) is 0 Å². The van der Waals surface area contributed by atoms with E-state index < -0.39 is 29.4 Å². The number of benzene rings is 2. The Kier molecular flexibility index (Phi) is 5.56. The molecule has 0 saturated carbocycles. The lowest BCUT2D eigenvalue weighted by Crippen LogP contribution is -2.36. The number of carbonyl (C=O) groups is 3. The minimum absolute atomic E-state index is 0.0716. The molecule has 0 bridgehead atoms. The van der Waals surface area contributed by atoms with E-state index in [1.54, 1.807) is 30.3 Å². The van der Waals surface area contributed by atoms with E-state index in [0.717, 1.165) is 4.90 Å². The van der Waals surface area contributed by atoms with Crippen molar-refractivity contribution in [1.82, 2.24) is 4.90 Å². The van der Waals surface area contributed by atoms with Crippen LogP contribution in [-0.4, -0.2) is 35.6 Å². The van der Waals surface area contributed by atoms with Crippen molar-refractivity contribution in [2.24, 2.45) is 0 Å². The summed E-state index contributed by atoms with van der Waals surface area (Å²) in [6, 6.07) is 12.5. The first kappa shape index (κ1) is 18.7. The van der Waals surface area contributed by atoms with E-state index >= 15 is 0 Å². The monoisotopic (exact) mass is 386 g/mol. The van der Waals surface area contributed by atoms with Gasteiger partial charge in [0.25, 0.3) is 11.1 Å². The van der Waals surface area contributed by atoms with Gasteiger partial charge in [0.2, 0.25) is 5.91 Å². The van der Waals surface area contributed by atoms with Crippen LogP contribution in [0.4, 0.5) is 14.9 Å². The number of hydrogen-bond donors (Lipinski definition) is 1. The fourth-order valence-corrected chi connectivity index (χ4v) is 3.22. The molecule has 1 heterocycles. The van der Waals surface area contributed by atoms with Crippen molar-refractivity contribution in [3.05, 3.63) is 64.8 Å². The topological polar surface area (TPSA) is 75.7 Å². The molecular weight excluding hydrogens is 371 g/mol. The van der Waals surface area contributed by atoms with Gasteiger partial charge in [0, 0.05) is 11.3 Å². The fraction of sp³-hybridized carbons (Fsp3) is 0.105. The highest BCUT2D eigenvalue weighted by atomic mass is 32.2. The van der Waals surface area contributed by atoms with Gasteiger partial charge in [-0.25, -0.2) is 4.39 Å². The van der Waals surface area contributed by atoms with Gasteiger partial charge < -0.3 is 10.1 Å². The van der Waals surface area contributed by atoms with Gasteiger partial charge in [-0.3, -0.25) is 19.3 Å². The first-order chi connectivity index (χ1) is 13.0. The SMILES string of the molecule is COc1ccc(NC(=O)CN2C(=O)S/C(=C\c3ccccc3F)C2=O)cc1. The number of nitrogens with one attached hydrogen (secondary N) is 1. The number of thioether (sulfide) groups is 1. The van der Waals surface area contributed by atoms with Crippen molar-refractivity contribution in [2.45, 2.75) is 0 Å². The second-order valence-corrected chi connectivity index (χ2v) is 6.56. The highest BCUT2D eigenvalue weighted by Gasteiger charge is 2.36. The van der Waals surface area contributed by atoms with Crippen molar-refractivity contribution in [3.8, 4) is 5.75 Å². The molecule has 1 aliphatic rings. The number of amides is 3. The van der Waals surface area contributed by atoms with Crippen molar-refractivity contribution >= 4 is 40.6 Å². The highest BCUT2D eigenvalue weighted by molar-refractivity contribution is 8.18. The van der Waals surface area contributed by atoms with E-state index in [9.17, 15) is 18.8 Å². The molecule has 0 radical (unpaired) electrons. The molecule has 0 spiro atoms. The number of carbonyl (C=O) groups excluding carboxylic acids is 3. The Morgan fingerprint density at radius 3 is 2.56 bits per heavy atom. The summed E-state index contributed by atoms with van der Waals surface area (Å²) in [6.45, 7) is -0.425. The maximum Gasteiger partial charge on any atom is 0.294 e. The van der Waals surface area contributed by atoms with Crippen LogP contribution >= 0.6 is 11.8 Å². The molecule has 3 amide bonds. The third-order valence-electron chi connectivity index (χ3n) is 3.74. The zero-order valence-electron chi connectivity index (χ0n) is 14.3. The van der Waals surface area contributed by atoms with Gasteiger partial charge in [0.15, 0.2) is 0 Å². The summed E-state index contributed by atoms with van der Waals surface area (Å²) in [7, 11) is 1.53. The number of hydrogen-bond acceptors (Lipinski definition) is 5. The minimum atomic E-state index is -0.627. The molecule has 2 aromatic rings. The molecule has 138 valence electrons. The zero-order chi connectivity index (χ0) is 19.4. The van der Waals surface area contributed by atoms with Crippen LogP contribution in [0.5, 0.6) is 5.75 Å². The van der Waals surface area contributed by atoms with Gasteiger partial charge >= 0.3 is 0 Å². The Morgan fingerprint density at radius 2 is 1.89 bits per heavy atom. The zero-order valence-corrected chi connectivity index (χ0v) is 15.1. The summed E-state index contributed by atoms with van der Waals surface area (Å²) >= 11 is 0.674. The smallest absolute Gasteiger partial charge is 0.294 e. The number of halogens is 1. The Labute approximate surface area is 159 Å². The van der Waals surface area contributed by atoms with Gasteiger partial charge in [-0.2, -0.15) is 0 Å². The Hall–Kier alpha value is -3.13. The maximum absolute atomic E-state index is 13.7. The van der Waals surface area contributed by atoms with Gasteiger partial charge in [0.1, 0.15) is 18.1 Å². The number of methoxy groups -OCH3 is 1. The summed E-state index contributed by atoms with van der Waals surface area (Å²) in [4.78, 5) is 37.5. The fourth-order valence-electron chi connectivity index (χ4n) is 2.39. The molecule has 1 aliphatic heterocycles. The molecule has 1 fully saturated rings. The van der Waals surface area contributed by atoms with Crippen LogP contribution in [0.2, 0.25) is 0 Å². The van der Waals surface area contributed by atoms with Crippen LogP contribution in [-0.2, 0) is 9.59 Å². The highest BCUT2D eigenvalue weighted by Crippen LogP contribution is 2.32. The molecule has 8 heteroatoms. The van der Waals surface area contributed by atoms with Crippen molar-refractivity contribution in [1.29, 1.82) is 0 Å². The number of rotatable bonds is 5. The molecular formula is C19H15FN2O4S. The standard InChI is InChI=1S/C19H15FN2O4S/c1-26-14-8-6-13(7-9-14)21-17(23)11-22-18(24)16(27-19(22)25)10-12-4-2-3-5-15(12)20/h2-10H,11H2,1H3,(H,21,23)/b16-10-. The first-order valence-electron chi connectivity index (χ1n) is 7.92. The number of nitrogens with zero attached hydrogens (tertiary/aromatic N) is 1. The van der Waals surface area contributed by atoms with Crippen molar-refractivity contribution in [2.75, 3.05) is 19.0 Å². The summed E-state index contributed by atoms with van der Waals surface area (Å²) in [5.41, 5.74) is 0.709. The van der Waals surface area contributed by atoms with Crippen molar-refractivity contribution < 1.29 is 23.5 Å². The molecule has 2 aromatic carbocycles. The average Bonchev–Trinajstić information content (AvgIpc) is 2.91. The molecule has 0 aromatic heterocycles. The van der Waals surface area contributed by atoms with Crippen LogP contribution in [0.1, 0.15) is 5.56 Å². The van der Waals surface area contributed by atoms with E-state index in [4.69, 9.17) is 4.74 Å². The predicted molar refractivity (Wildman–Crippen MR) is 101 cm³/mol. The predicted octanol–water partition coefficient (Wildman–Crippen LogP) is 3.51. The second kappa shape index (κ2) is 8.05. The molecule has 6 nitrogen and oxygen atoms in total. The minimum Gasteiger partial charge on any atom is -0.497 e. The van der Waals surface area contributed by atoms with E-state index in [0.29, 0.717) is 23.2 Å². The average molecular weight is 386 g/mol. The molecule has 0 aliphatic carbocycles. The number of ether oxygens (including phenoxy) is 1.